The van der Waals surface area contributed by atoms with Gasteiger partial charge in [-0.05, 0) is 25.5 Å². The molecule has 3 heterocycles. The number of pyridine rings is 1. The minimum atomic E-state index is -0.870. The number of nitrogens with zero attached hydrogens (tertiary/aromatic N) is 4. The summed E-state index contributed by atoms with van der Waals surface area (Å²) in [5.41, 5.74) is 0.809. The van der Waals surface area contributed by atoms with Crippen molar-refractivity contribution in [3.05, 3.63) is 53.4 Å². The van der Waals surface area contributed by atoms with Gasteiger partial charge < -0.3 is 29.9 Å². The van der Waals surface area contributed by atoms with Crippen molar-refractivity contribution in [3.63, 3.8) is 0 Å². The van der Waals surface area contributed by atoms with Crippen molar-refractivity contribution < 1.29 is 37.4 Å². The number of methoxy groups -OCH3 is 1. The quantitative estimate of drug-likeness (QED) is 0.524. The number of carbonyl (C=O) groups excluding carboxylic acids is 4. The number of carbonyl (C=O) groups is 4. The van der Waals surface area contributed by atoms with Gasteiger partial charge in [-0.25, -0.2) is 18.4 Å². The zero-order chi connectivity index (χ0) is 29.0. The molecule has 4 amide bonds. The summed E-state index contributed by atoms with van der Waals surface area (Å²) < 4.78 is 39.9. The first-order valence-electron chi connectivity index (χ1n) is 12.6. The maximum absolute atomic E-state index is 15.1. The number of anilines is 2. The van der Waals surface area contributed by atoms with E-state index in [1.165, 1.54) is 16.9 Å². The Morgan fingerprint density at radius 3 is 2.42 bits per heavy atom. The molecule has 2 aliphatic rings. The van der Waals surface area contributed by atoms with Crippen LogP contribution in [0.25, 0.3) is 0 Å². The third-order valence-electron chi connectivity index (χ3n) is 6.62. The number of halogens is 2. The summed E-state index contributed by atoms with van der Waals surface area (Å²) in [6.45, 7) is 4.07. The molecule has 214 valence electrons. The van der Waals surface area contributed by atoms with Gasteiger partial charge in [-0.1, -0.05) is 6.07 Å². The lowest BCUT2D eigenvalue weighted by molar-refractivity contribution is -0.133. The highest BCUT2D eigenvalue weighted by Gasteiger charge is 2.34. The predicted octanol–water partition coefficient (Wildman–Crippen LogP) is 1.82. The zero-order valence-electron chi connectivity index (χ0n) is 22.3. The molecule has 1 aromatic heterocycles. The van der Waals surface area contributed by atoms with E-state index in [1.807, 2.05) is 6.92 Å². The summed E-state index contributed by atoms with van der Waals surface area (Å²) in [5, 5.41) is 5.04. The highest BCUT2D eigenvalue weighted by molar-refractivity contribution is 5.96. The number of hydrogen-bond acceptors (Lipinski definition) is 8. The Kier molecular flexibility index (Phi) is 8.65. The van der Waals surface area contributed by atoms with Gasteiger partial charge in [-0.3, -0.25) is 19.5 Å². The number of cyclic esters (lactones) is 1. The topological polar surface area (TPSA) is 133 Å². The fourth-order valence-corrected chi connectivity index (χ4v) is 4.48. The summed E-state index contributed by atoms with van der Waals surface area (Å²) >= 11 is 0. The van der Waals surface area contributed by atoms with Gasteiger partial charge in [0.15, 0.2) is 11.6 Å². The molecule has 4 rings (SSSR count). The first-order valence-corrected chi connectivity index (χ1v) is 12.6. The number of ether oxygens (including phenoxy) is 2. The summed E-state index contributed by atoms with van der Waals surface area (Å²) in [5.74, 6) is -2.54. The van der Waals surface area contributed by atoms with Crippen molar-refractivity contribution in [2.24, 2.45) is 0 Å². The van der Waals surface area contributed by atoms with Crippen LogP contribution in [0.4, 0.5) is 29.7 Å². The molecule has 40 heavy (non-hydrogen) atoms. The van der Waals surface area contributed by atoms with E-state index in [9.17, 15) is 19.2 Å². The summed E-state index contributed by atoms with van der Waals surface area (Å²) in [7, 11) is 1.19. The number of hydrogen-bond donors (Lipinski definition) is 2. The van der Waals surface area contributed by atoms with Crippen LogP contribution in [0.2, 0.25) is 0 Å². The maximum atomic E-state index is 15.1. The van der Waals surface area contributed by atoms with E-state index in [0.29, 0.717) is 0 Å². The monoisotopic (exact) mass is 560 g/mol. The van der Waals surface area contributed by atoms with Crippen molar-refractivity contribution in [3.8, 4) is 0 Å². The molecule has 0 bridgehead atoms. The molecular formula is C26H30F2N6O6. The second kappa shape index (κ2) is 12.1. The van der Waals surface area contributed by atoms with Crippen LogP contribution in [0.15, 0.2) is 30.5 Å². The number of alkyl carbamates (subject to hydrolysis) is 1. The smallest absolute Gasteiger partial charge is 0.414 e. The van der Waals surface area contributed by atoms with Crippen LogP contribution in [0.5, 0.6) is 0 Å². The van der Waals surface area contributed by atoms with Gasteiger partial charge in [-0.2, -0.15) is 0 Å². The van der Waals surface area contributed by atoms with E-state index in [4.69, 9.17) is 4.74 Å². The zero-order valence-corrected chi connectivity index (χ0v) is 22.3. The summed E-state index contributed by atoms with van der Waals surface area (Å²) in [6, 6.07) is 4.59. The molecule has 1 aromatic carbocycles. The third kappa shape index (κ3) is 6.38. The normalized spacial score (nSPS) is 17.8. The second-order valence-electron chi connectivity index (χ2n) is 9.48. The largest absolute Gasteiger partial charge is 0.453 e. The average Bonchev–Trinajstić information content (AvgIpc) is 3.31. The Labute approximate surface area is 229 Å². The van der Waals surface area contributed by atoms with Gasteiger partial charge in [0, 0.05) is 44.5 Å². The summed E-state index contributed by atoms with van der Waals surface area (Å²) in [6.07, 6.45) is -0.654. The van der Waals surface area contributed by atoms with E-state index < -0.39 is 41.9 Å². The molecule has 2 aromatic rings. The molecule has 2 aliphatic heterocycles. The van der Waals surface area contributed by atoms with Gasteiger partial charge >= 0.3 is 12.2 Å². The average molecular weight is 561 g/mol. The molecular weight excluding hydrogens is 530 g/mol. The fraction of sp³-hybridized carbons (Fsp3) is 0.423. The van der Waals surface area contributed by atoms with Gasteiger partial charge in [0.25, 0.3) is 5.91 Å². The molecule has 0 saturated carbocycles. The van der Waals surface area contributed by atoms with E-state index in [0.717, 1.165) is 22.6 Å². The van der Waals surface area contributed by atoms with E-state index in [-0.39, 0.29) is 62.2 Å². The van der Waals surface area contributed by atoms with E-state index in [2.05, 4.69) is 20.4 Å². The van der Waals surface area contributed by atoms with Gasteiger partial charge in [0.1, 0.15) is 23.5 Å². The van der Waals surface area contributed by atoms with Crippen LogP contribution in [0.1, 0.15) is 23.0 Å². The molecule has 2 fully saturated rings. The Balaban J connectivity index is 1.34. The van der Waals surface area contributed by atoms with E-state index in [1.54, 1.807) is 25.3 Å². The van der Waals surface area contributed by atoms with E-state index >= 15 is 8.78 Å². The standard InChI is InChI=1S/C26H30F2N6O6/c1-15-4-5-21(29-12-15)23(35)31-16(2)24(36)33-8-6-32(7-9-33)22-19(27)10-17(11-20(22)28)34-14-18(40-26(34)38)13-30-25(37)39-3/h4-5,10-12,16,18H,6-9,13-14H2,1-3H3,(H,30,37)(H,31,35). The molecule has 12 nitrogen and oxygen atoms in total. The first kappa shape index (κ1) is 28.5. The van der Waals surface area contributed by atoms with Crippen molar-refractivity contribution in [1.29, 1.82) is 0 Å². The van der Waals surface area contributed by atoms with Crippen LogP contribution >= 0.6 is 0 Å². The number of benzene rings is 1. The van der Waals surface area contributed by atoms with Crippen molar-refractivity contribution in [1.82, 2.24) is 20.5 Å². The van der Waals surface area contributed by atoms with Gasteiger partial charge in [0.2, 0.25) is 5.91 Å². The minimum Gasteiger partial charge on any atom is -0.453 e. The molecule has 2 saturated heterocycles. The molecule has 2 N–H and O–H groups in total. The van der Waals surface area contributed by atoms with Gasteiger partial charge in [-0.15, -0.1) is 0 Å². The molecule has 0 aliphatic carbocycles. The highest BCUT2D eigenvalue weighted by Crippen LogP contribution is 2.31. The van der Waals surface area contributed by atoms with Crippen LogP contribution in [-0.4, -0.2) is 92.4 Å². The Bertz CT molecular complexity index is 1260. The molecule has 2 unspecified atom stereocenters. The SMILES string of the molecule is COC(=O)NCC1CN(c2cc(F)c(N3CCN(C(=O)C(C)NC(=O)c4ccc(C)cn4)CC3)c(F)c2)C(=O)O1. The first-order chi connectivity index (χ1) is 19.1. The molecule has 0 radical (unpaired) electrons. The lowest BCUT2D eigenvalue weighted by Gasteiger charge is -2.37. The number of aryl methyl sites for hydroxylation is 1. The maximum Gasteiger partial charge on any atom is 0.414 e. The number of piperazine rings is 1. The fourth-order valence-electron chi connectivity index (χ4n) is 4.48. The lowest BCUT2D eigenvalue weighted by atomic mass is 10.1. The second-order valence-corrected chi connectivity index (χ2v) is 9.48. The van der Waals surface area contributed by atoms with Crippen LogP contribution < -0.4 is 20.4 Å². The number of amides is 4. The molecule has 0 spiro atoms. The number of nitrogens with one attached hydrogen (secondary N) is 2. The Morgan fingerprint density at radius 2 is 1.82 bits per heavy atom. The highest BCUT2D eigenvalue weighted by atomic mass is 19.1. The number of rotatable bonds is 7. The van der Waals surface area contributed by atoms with Gasteiger partial charge in [0.05, 0.1) is 25.9 Å². The Morgan fingerprint density at radius 1 is 1.15 bits per heavy atom. The van der Waals surface area contributed by atoms with Crippen molar-refractivity contribution in [2.75, 3.05) is 56.2 Å². The number of aromatic nitrogens is 1. The van der Waals surface area contributed by atoms with Crippen molar-refractivity contribution in [2.45, 2.75) is 26.0 Å². The van der Waals surface area contributed by atoms with Crippen LogP contribution in [0, 0.1) is 18.6 Å². The lowest BCUT2D eigenvalue weighted by Crippen LogP contribution is -2.54. The molecule has 14 heteroatoms. The predicted molar refractivity (Wildman–Crippen MR) is 139 cm³/mol. The van der Waals surface area contributed by atoms with Crippen molar-refractivity contribution >= 4 is 35.4 Å². The third-order valence-corrected chi connectivity index (χ3v) is 6.62. The van der Waals surface area contributed by atoms with Crippen LogP contribution in [-0.2, 0) is 14.3 Å². The minimum absolute atomic E-state index is 0.0173. The van der Waals surface area contributed by atoms with Crippen LogP contribution in [0.3, 0.4) is 0 Å². The Hall–Kier alpha value is -4.49. The molecule has 2 atom stereocenters. The summed E-state index contributed by atoms with van der Waals surface area (Å²) in [4.78, 5) is 57.0.